The van der Waals surface area contributed by atoms with Crippen LogP contribution >= 0.6 is 0 Å². The van der Waals surface area contributed by atoms with Gasteiger partial charge < -0.3 is 15.3 Å². The zero-order chi connectivity index (χ0) is 19.0. The van der Waals surface area contributed by atoms with Gasteiger partial charge in [0, 0.05) is 36.4 Å². The second-order valence-corrected chi connectivity index (χ2v) is 6.45. The molecular weight excluding hydrogens is 354 g/mol. The van der Waals surface area contributed by atoms with Gasteiger partial charge in [0.25, 0.3) is 5.92 Å². The molecule has 1 fully saturated rings. The number of nitrogens with zero attached hydrogens (tertiary/aromatic N) is 3. The number of alkyl halides is 2. The third-order valence-corrected chi connectivity index (χ3v) is 4.53. The van der Waals surface area contributed by atoms with Crippen LogP contribution in [-0.2, 0) is 0 Å². The Morgan fingerprint density at radius 3 is 2.70 bits per heavy atom. The van der Waals surface area contributed by atoms with Crippen molar-refractivity contribution in [2.45, 2.75) is 12.3 Å². The molecule has 0 atom stereocenters. The number of carboxylic acids is 1. The molecule has 27 heavy (non-hydrogen) atoms. The van der Waals surface area contributed by atoms with Crippen LogP contribution in [0.2, 0.25) is 0 Å². The average molecular weight is 370 g/mol. The number of anilines is 3. The zero-order valence-electron chi connectivity index (χ0n) is 14.2. The second-order valence-electron chi connectivity index (χ2n) is 6.45. The minimum atomic E-state index is -2.67. The van der Waals surface area contributed by atoms with E-state index in [4.69, 9.17) is 5.11 Å². The Kier molecular flexibility index (Phi) is 4.10. The smallest absolute Gasteiger partial charge is 0.337 e. The first-order valence-corrected chi connectivity index (χ1v) is 8.39. The Hall–Kier alpha value is -3.29. The molecule has 1 aromatic carbocycles. The highest BCUT2D eigenvalue weighted by Gasteiger charge is 2.38. The van der Waals surface area contributed by atoms with Crippen LogP contribution in [0.15, 0.2) is 48.8 Å². The van der Waals surface area contributed by atoms with Gasteiger partial charge in [-0.2, -0.15) is 0 Å². The standard InChI is InChI=1S/C19H16F2N4O2/c20-19(21)6-8-25(11-19)13-2-3-15-14(9-13)16(5-7-22-15)24-17-4-1-12(10-23-17)18(26)27/h1-5,7,9-10H,6,8,11H2,(H,26,27)(H,22,23,24). The lowest BCUT2D eigenvalue weighted by molar-refractivity contribution is 0.0257. The largest absolute Gasteiger partial charge is 0.478 e. The number of hydrogen-bond donors (Lipinski definition) is 2. The summed E-state index contributed by atoms with van der Waals surface area (Å²) in [5, 5.41) is 12.9. The van der Waals surface area contributed by atoms with Gasteiger partial charge in [-0.25, -0.2) is 18.6 Å². The van der Waals surface area contributed by atoms with Gasteiger partial charge in [-0.1, -0.05) is 0 Å². The molecule has 1 aliphatic heterocycles. The summed E-state index contributed by atoms with van der Waals surface area (Å²) < 4.78 is 27.1. The SMILES string of the molecule is O=C(O)c1ccc(Nc2ccnc3ccc(N4CCC(F)(F)C4)cc23)nc1. The molecule has 8 heteroatoms. The van der Waals surface area contributed by atoms with Gasteiger partial charge in [0.2, 0.25) is 0 Å². The first kappa shape index (κ1) is 17.1. The van der Waals surface area contributed by atoms with Crippen molar-refractivity contribution in [1.82, 2.24) is 9.97 Å². The topological polar surface area (TPSA) is 78.3 Å². The number of halogens is 2. The van der Waals surface area contributed by atoms with Crippen molar-refractivity contribution in [3.63, 3.8) is 0 Å². The highest BCUT2D eigenvalue weighted by atomic mass is 19.3. The summed E-state index contributed by atoms with van der Waals surface area (Å²) in [5.74, 6) is -3.23. The summed E-state index contributed by atoms with van der Waals surface area (Å²) in [7, 11) is 0. The summed E-state index contributed by atoms with van der Waals surface area (Å²) in [6, 6.07) is 10.2. The number of aromatic nitrogens is 2. The van der Waals surface area contributed by atoms with E-state index in [1.54, 1.807) is 35.4 Å². The number of carbonyl (C=O) groups is 1. The highest BCUT2D eigenvalue weighted by molar-refractivity contribution is 5.95. The fourth-order valence-electron chi connectivity index (χ4n) is 3.13. The van der Waals surface area contributed by atoms with Gasteiger partial charge in [0.15, 0.2) is 0 Å². The van der Waals surface area contributed by atoms with Gasteiger partial charge in [0.1, 0.15) is 5.82 Å². The van der Waals surface area contributed by atoms with E-state index >= 15 is 0 Å². The van der Waals surface area contributed by atoms with Crippen molar-refractivity contribution in [2.75, 3.05) is 23.3 Å². The average Bonchev–Trinajstić information content (AvgIpc) is 3.02. The van der Waals surface area contributed by atoms with E-state index in [-0.39, 0.29) is 18.5 Å². The van der Waals surface area contributed by atoms with Crippen LogP contribution in [0, 0.1) is 0 Å². The molecule has 0 spiro atoms. The molecule has 138 valence electrons. The van der Waals surface area contributed by atoms with Gasteiger partial charge in [-0.3, -0.25) is 4.98 Å². The summed E-state index contributed by atoms with van der Waals surface area (Å²) in [6.45, 7) is 0.0134. The van der Waals surface area contributed by atoms with Crippen molar-refractivity contribution < 1.29 is 18.7 Å². The lowest BCUT2D eigenvalue weighted by Crippen LogP contribution is -2.24. The number of hydrogen-bond acceptors (Lipinski definition) is 5. The van der Waals surface area contributed by atoms with Crippen LogP contribution in [0.5, 0.6) is 0 Å². The highest BCUT2D eigenvalue weighted by Crippen LogP contribution is 2.34. The normalized spacial score (nSPS) is 15.9. The van der Waals surface area contributed by atoms with Crippen LogP contribution in [-0.4, -0.2) is 40.1 Å². The lowest BCUT2D eigenvalue weighted by Gasteiger charge is -2.19. The second kappa shape index (κ2) is 6.46. The molecule has 3 aromatic rings. The first-order chi connectivity index (χ1) is 12.9. The summed E-state index contributed by atoms with van der Waals surface area (Å²) in [6.07, 6.45) is 2.76. The van der Waals surface area contributed by atoms with Crippen LogP contribution in [0.3, 0.4) is 0 Å². The number of fused-ring (bicyclic) bond motifs is 1. The fourth-order valence-corrected chi connectivity index (χ4v) is 3.13. The van der Waals surface area contributed by atoms with Crippen molar-refractivity contribution in [1.29, 1.82) is 0 Å². The minimum absolute atomic E-state index is 0.0948. The van der Waals surface area contributed by atoms with E-state index in [1.165, 1.54) is 12.3 Å². The maximum absolute atomic E-state index is 13.5. The molecule has 6 nitrogen and oxygen atoms in total. The summed E-state index contributed by atoms with van der Waals surface area (Å²) in [4.78, 5) is 21.0. The monoisotopic (exact) mass is 370 g/mol. The molecule has 2 N–H and O–H groups in total. The molecule has 0 unspecified atom stereocenters. The van der Waals surface area contributed by atoms with Crippen LogP contribution < -0.4 is 10.2 Å². The van der Waals surface area contributed by atoms with Crippen LogP contribution in [0.4, 0.5) is 26.0 Å². The van der Waals surface area contributed by atoms with E-state index in [0.717, 1.165) is 10.9 Å². The fraction of sp³-hybridized carbons (Fsp3) is 0.211. The number of aromatic carboxylic acids is 1. The van der Waals surface area contributed by atoms with Gasteiger partial charge in [0.05, 0.1) is 23.3 Å². The molecular formula is C19H16F2N4O2. The van der Waals surface area contributed by atoms with Gasteiger partial charge >= 0.3 is 5.97 Å². The number of rotatable bonds is 4. The van der Waals surface area contributed by atoms with Crippen molar-refractivity contribution >= 4 is 34.1 Å². The van der Waals surface area contributed by atoms with Gasteiger partial charge in [-0.05, 0) is 36.4 Å². The Balaban J connectivity index is 1.66. The molecule has 0 bridgehead atoms. The van der Waals surface area contributed by atoms with E-state index in [0.29, 0.717) is 23.7 Å². The molecule has 0 aliphatic carbocycles. The van der Waals surface area contributed by atoms with Crippen molar-refractivity contribution in [3.05, 3.63) is 54.4 Å². The molecule has 0 amide bonds. The summed E-state index contributed by atoms with van der Waals surface area (Å²) in [5.41, 5.74) is 2.24. The quantitative estimate of drug-likeness (QED) is 0.725. The van der Waals surface area contributed by atoms with E-state index in [2.05, 4.69) is 15.3 Å². The van der Waals surface area contributed by atoms with Crippen molar-refractivity contribution in [3.8, 4) is 0 Å². The lowest BCUT2D eigenvalue weighted by atomic mass is 10.1. The predicted octanol–water partition coefficient (Wildman–Crippen LogP) is 3.92. The maximum Gasteiger partial charge on any atom is 0.337 e. The molecule has 3 heterocycles. The first-order valence-electron chi connectivity index (χ1n) is 8.39. The molecule has 4 rings (SSSR count). The Morgan fingerprint density at radius 2 is 2.04 bits per heavy atom. The van der Waals surface area contributed by atoms with E-state index in [1.807, 2.05) is 6.07 Å². The predicted molar refractivity (Wildman–Crippen MR) is 98.0 cm³/mol. The zero-order valence-corrected chi connectivity index (χ0v) is 14.2. The minimum Gasteiger partial charge on any atom is -0.478 e. The van der Waals surface area contributed by atoms with E-state index in [9.17, 15) is 13.6 Å². The Labute approximate surface area is 153 Å². The number of carboxylic acid groups (broad SMARTS) is 1. The van der Waals surface area contributed by atoms with Gasteiger partial charge in [-0.15, -0.1) is 0 Å². The molecule has 1 saturated heterocycles. The molecule has 0 radical (unpaired) electrons. The third kappa shape index (κ3) is 3.51. The summed E-state index contributed by atoms with van der Waals surface area (Å²) >= 11 is 0. The Morgan fingerprint density at radius 1 is 1.19 bits per heavy atom. The number of nitrogens with one attached hydrogen (secondary N) is 1. The third-order valence-electron chi connectivity index (χ3n) is 4.53. The van der Waals surface area contributed by atoms with E-state index < -0.39 is 11.9 Å². The van der Waals surface area contributed by atoms with Crippen LogP contribution in [0.1, 0.15) is 16.8 Å². The molecule has 2 aromatic heterocycles. The Bertz CT molecular complexity index is 1010. The maximum atomic E-state index is 13.5. The number of pyridine rings is 2. The van der Waals surface area contributed by atoms with Crippen LogP contribution in [0.25, 0.3) is 10.9 Å². The molecule has 0 saturated carbocycles. The molecule has 1 aliphatic rings. The number of benzene rings is 1. The van der Waals surface area contributed by atoms with Crippen molar-refractivity contribution in [2.24, 2.45) is 0 Å².